The lowest BCUT2D eigenvalue weighted by atomic mass is 10.1. The van der Waals surface area contributed by atoms with Gasteiger partial charge in [0, 0.05) is 11.1 Å². The molecular weight excluding hydrogens is 214 g/mol. The Morgan fingerprint density at radius 2 is 2.27 bits per heavy atom. The van der Waals surface area contributed by atoms with Crippen molar-refractivity contribution in [2.24, 2.45) is 0 Å². The maximum absolute atomic E-state index is 10.3. The van der Waals surface area contributed by atoms with Gasteiger partial charge in [-0.25, -0.2) is 4.79 Å². The quantitative estimate of drug-likeness (QED) is 0.781. The van der Waals surface area contributed by atoms with Crippen LogP contribution in [0.1, 0.15) is 16.7 Å². The second kappa shape index (κ2) is 4.63. The van der Waals surface area contributed by atoms with E-state index < -0.39 is 5.97 Å². The summed E-state index contributed by atoms with van der Waals surface area (Å²) in [5.74, 6) is -1.03. The summed E-state index contributed by atoms with van der Waals surface area (Å²) in [7, 11) is 0. The average molecular weight is 222 g/mol. The summed E-state index contributed by atoms with van der Waals surface area (Å²) in [6.07, 6.45) is 2.41. The molecule has 0 saturated carbocycles. The summed E-state index contributed by atoms with van der Waals surface area (Å²) in [6.45, 7) is 1.77. The molecule has 0 aliphatic carbocycles. The molecule has 3 nitrogen and oxygen atoms in total. The third-order valence-electron chi connectivity index (χ3n) is 1.87. The van der Waals surface area contributed by atoms with Crippen LogP contribution in [-0.4, -0.2) is 11.1 Å². The zero-order valence-corrected chi connectivity index (χ0v) is 8.75. The van der Waals surface area contributed by atoms with E-state index in [-0.39, 0.29) is 0 Å². The van der Waals surface area contributed by atoms with E-state index in [1.807, 2.05) is 6.07 Å². The summed E-state index contributed by atoms with van der Waals surface area (Å²) in [5.41, 5.74) is 1.86. The highest BCUT2D eigenvalue weighted by Crippen LogP contribution is 2.22. The Balaban J connectivity index is 3.18. The van der Waals surface area contributed by atoms with Gasteiger partial charge in [-0.15, -0.1) is 0 Å². The molecule has 76 valence electrons. The Labute approximate surface area is 92.2 Å². The molecule has 15 heavy (non-hydrogen) atoms. The standard InChI is InChI=1S/C11H8ClNO2/c1-7-4-8(2-3-11(14)15)10(12)5-9(7)6-13/h2-5H,1H3,(H,14,15)/b3-2+. The van der Waals surface area contributed by atoms with E-state index in [2.05, 4.69) is 0 Å². The summed E-state index contributed by atoms with van der Waals surface area (Å²) >= 11 is 5.87. The first-order chi connectivity index (χ1) is 7.04. The van der Waals surface area contributed by atoms with Gasteiger partial charge >= 0.3 is 5.97 Å². The van der Waals surface area contributed by atoms with Gasteiger partial charge in [0.15, 0.2) is 0 Å². The highest BCUT2D eigenvalue weighted by molar-refractivity contribution is 6.32. The maximum atomic E-state index is 10.3. The van der Waals surface area contributed by atoms with E-state index >= 15 is 0 Å². The lowest BCUT2D eigenvalue weighted by Gasteiger charge is -2.02. The van der Waals surface area contributed by atoms with E-state index in [0.29, 0.717) is 16.1 Å². The predicted octanol–water partition coefficient (Wildman–Crippen LogP) is 2.62. The average Bonchev–Trinajstić information content (AvgIpc) is 2.18. The Kier molecular flexibility index (Phi) is 3.48. The van der Waals surface area contributed by atoms with Crippen LogP contribution < -0.4 is 0 Å². The topological polar surface area (TPSA) is 61.1 Å². The first-order valence-electron chi connectivity index (χ1n) is 4.16. The minimum absolute atomic E-state index is 0.370. The normalized spacial score (nSPS) is 10.2. The van der Waals surface area contributed by atoms with Crippen molar-refractivity contribution in [2.45, 2.75) is 6.92 Å². The molecule has 0 heterocycles. The van der Waals surface area contributed by atoms with Crippen molar-refractivity contribution in [3.63, 3.8) is 0 Å². The first kappa shape index (κ1) is 11.3. The van der Waals surface area contributed by atoms with Gasteiger partial charge < -0.3 is 5.11 Å². The Morgan fingerprint density at radius 1 is 1.60 bits per heavy atom. The number of nitrogens with zero attached hydrogens (tertiary/aromatic N) is 1. The fraction of sp³-hybridized carbons (Fsp3) is 0.0909. The molecule has 0 aliphatic rings. The molecule has 1 aromatic carbocycles. The second-order valence-electron chi connectivity index (χ2n) is 2.97. The number of benzene rings is 1. The molecule has 0 unspecified atom stereocenters. The van der Waals surface area contributed by atoms with Crippen LogP contribution in [0, 0.1) is 18.3 Å². The van der Waals surface area contributed by atoms with Gasteiger partial charge in [0.2, 0.25) is 0 Å². The molecule has 0 saturated heterocycles. The van der Waals surface area contributed by atoms with Gasteiger partial charge in [-0.2, -0.15) is 5.26 Å². The number of aliphatic carboxylic acids is 1. The van der Waals surface area contributed by atoms with E-state index in [9.17, 15) is 4.79 Å². The Morgan fingerprint density at radius 3 is 2.80 bits per heavy atom. The molecule has 4 heteroatoms. The number of hydrogen-bond acceptors (Lipinski definition) is 2. The molecule has 0 aliphatic heterocycles. The first-order valence-corrected chi connectivity index (χ1v) is 4.53. The number of halogens is 1. The predicted molar refractivity (Wildman–Crippen MR) is 57.6 cm³/mol. The number of rotatable bonds is 2. The van der Waals surface area contributed by atoms with E-state index in [1.54, 1.807) is 13.0 Å². The minimum atomic E-state index is -1.03. The van der Waals surface area contributed by atoms with Crippen molar-refractivity contribution < 1.29 is 9.90 Å². The fourth-order valence-electron chi connectivity index (χ4n) is 1.11. The molecular formula is C11H8ClNO2. The Bertz CT molecular complexity index is 472. The molecule has 0 aromatic heterocycles. The van der Waals surface area contributed by atoms with E-state index in [0.717, 1.165) is 11.6 Å². The second-order valence-corrected chi connectivity index (χ2v) is 3.38. The molecule has 0 amide bonds. The molecule has 0 fully saturated rings. The lowest BCUT2D eigenvalue weighted by molar-refractivity contribution is -0.131. The smallest absolute Gasteiger partial charge is 0.328 e. The van der Waals surface area contributed by atoms with Gasteiger partial charge in [0.05, 0.1) is 11.6 Å². The largest absolute Gasteiger partial charge is 0.478 e. The highest BCUT2D eigenvalue weighted by Gasteiger charge is 2.03. The monoisotopic (exact) mass is 221 g/mol. The van der Waals surface area contributed by atoms with Crippen molar-refractivity contribution in [3.05, 3.63) is 39.9 Å². The van der Waals surface area contributed by atoms with Crippen LogP contribution in [-0.2, 0) is 4.79 Å². The van der Waals surface area contributed by atoms with Crippen molar-refractivity contribution in [2.75, 3.05) is 0 Å². The van der Waals surface area contributed by atoms with Crippen LogP contribution in [0.25, 0.3) is 6.08 Å². The van der Waals surface area contributed by atoms with Crippen LogP contribution in [0.5, 0.6) is 0 Å². The zero-order chi connectivity index (χ0) is 11.4. The number of carboxylic acids is 1. The third-order valence-corrected chi connectivity index (χ3v) is 2.20. The van der Waals surface area contributed by atoms with Gasteiger partial charge in [0.1, 0.15) is 0 Å². The Hall–Kier alpha value is -1.79. The molecule has 0 radical (unpaired) electrons. The van der Waals surface area contributed by atoms with Gasteiger partial charge in [-0.05, 0) is 36.3 Å². The molecule has 0 bridgehead atoms. The van der Waals surface area contributed by atoms with Gasteiger partial charge in [0.25, 0.3) is 0 Å². The lowest BCUT2D eigenvalue weighted by Crippen LogP contribution is -1.88. The van der Waals surface area contributed by atoms with Crippen molar-refractivity contribution in [1.29, 1.82) is 5.26 Å². The number of aryl methyl sites for hydroxylation is 1. The van der Waals surface area contributed by atoms with Crippen LogP contribution in [0.3, 0.4) is 0 Å². The van der Waals surface area contributed by atoms with Crippen molar-refractivity contribution in [1.82, 2.24) is 0 Å². The fourth-order valence-corrected chi connectivity index (χ4v) is 1.34. The van der Waals surface area contributed by atoms with E-state index in [1.165, 1.54) is 12.1 Å². The SMILES string of the molecule is Cc1cc(/C=C/C(=O)O)c(Cl)cc1C#N. The highest BCUT2D eigenvalue weighted by atomic mass is 35.5. The van der Waals surface area contributed by atoms with Crippen LogP contribution in [0.2, 0.25) is 5.02 Å². The van der Waals surface area contributed by atoms with Crippen LogP contribution >= 0.6 is 11.6 Å². The van der Waals surface area contributed by atoms with Gasteiger partial charge in [-0.3, -0.25) is 0 Å². The molecule has 0 atom stereocenters. The number of nitriles is 1. The molecule has 1 rings (SSSR count). The van der Waals surface area contributed by atoms with Crippen molar-refractivity contribution >= 4 is 23.6 Å². The molecule has 1 aromatic rings. The van der Waals surface area contributed by atoms with Crippen LogP contribution in [0.15, 0.2) is 18.2 Å². The summed E-state index contributed by atoms with van der Waals surface area (Å²) in [5, 5.41) is 17.6. The summed E-state index contributed by atoms with van der Waals surface area (Å²) < 4.78 is 0. The van der Waals surface area contributed by atoms with Crippen molar-refractivity contribution in [3.8, 4) is 6.07 Å². The maximum Gasteiger partial charge on any atom is 0.328 e. The number of carbonyl (C=O) groups is 1. The van der Waals surface area contributed by atoms with E-state index in [4.69, 9.17) is 22.0 Å². The summed E-state index contributed by atoms with van der Waals surface area (Å²) in [6, 6.07) is 5.21. The molecule has 0 spiro atoms. The zero-order valence-electron chi connectivity index (χ0n) is 7.99. The molecule has 1 N–H and O–H groups in total. The summed E-state index contributed by atoms with van der Waals surface area (Å²) in [4.78, 5) is 10.3. The minimum Gasteiger partial charge on any atom is -0.478 e. The third kappa shape index (κ3) is 2.83. The number of carboxylic acid groups (broad SMARTS) is 1. The van der Waals surface area contributed by atoms with Gasteiger partial charge in [-0.1, -0.05) is 11.6 Å². The van der Waals surface area contributed by atoms with Crippen LogP contribution in [0.4, 0.5) is 0 Å². The number of hydrogen-bond donors (Lipinski definition) is 1.